The van der Waals surface area contributed by atoms with E-state index in [-0.39, 0.29) is 17.6 Å². The number of nitrogens with one attached hydrogen (secondary N) is 1. The maximum Gasteiger partial charge on any atom is 0.338 e. The second-order valence-electron chi connectivity index (χ2n) is 7.35. The van der Waals surface area contributed by atoms with E-state index in [4.69, 9.17) is 4.74 Å². The van der Waals surface area contributed by atoms with Crippen molar-refractivity contribution in [1.82, 2.24) is 9.97 Å². The number of aromatic nitrogens is 2. The van der Waals surface area contributed by atoms with E-state index in [9.17, 15) is 9.59 Å². The average molecular weight is 442 g/mol. The molecule has 1 unspecified atom stereocenters. The average Bonchev–Trinajstić information content (AvgIpc) is 3.11. The van der Waals surface area contributed by atoms with Gasteiger partial charge in [0.15, 0.2) is 0 Å². The Labute approximate surface area is 183 Å². The van der Waals surface area contributed by atoms with Gasteiger partial charge in [-0.05, 0) is 61.9 Å². The van der Waals surface area contributed by atoms with E-state index in [0.717, 1.165) is 28.1 Å². The third-order valence-corrected chi connectivity index (χ3v) is 7.23. The van der Waals surface area contributed by atoms with Gasteiger partial charge in [0.05, 0.1) is 17.9 Å². The predicted octanol–water partition coefficient (Wildman–Crippen LogP) is 4.72. The number of hydrogen-bond donors (Lipinski definition) is 1. The molecule has 30 heavy (non-hydrogen) atoms. The molecule has 0 aliphatic heterocycles. The fourth-order valence-electron chi connectivity index (χ4n) is 3.59. The van der Waals surface area contributed by atoms with Gasteiger partial charge in [-0.1, -0.05) is 18.7 Å². The Morgan fingerprint density at radius 3 is 2.83 bits per heavy atom. The van der Waals surface area contributed by atoms with E-state index in [0.29, 0.717) is 23.8 Å². The number of ether oxygens (including phenoxy) is 1. The van der Waals surface area contributed by atoms with E-state index in [2.05, 4.69) is 22.2 Å². The van der Waals surface area contributed by atoms with E-state index in [1.807, 2.05) is 0 Å². The van der Waals surface area contributed by atoms with Crippen molar-refractivity contribution in [3.05, 3.63) is 46.6 Å². The zero-order valence-corrected chi connectivity index (χ0v) is 18.6. The Kier molecular flexibility index (Phi) is 6.34. The zero-order valence-electron chi connectivity index (χ0n) is 16.9. The maximum atomic E-state index is 12.4. The summed E-state index contributed by atoms with van der Waals surface area (Å²) in [6, 6.07) is 6.70. The van der Waals surface area contributed by atoms with Crippen LogP contribution in [0.15, 0.2) is 35.6 Å². The van der Waals surface area contributed by atoms with E-state index < -0.39 is 0 Å². The van der Waals surface area contributed by atoms with E-state index in [1.54, 1.807) is 48.9 Å². The number of thiophene rings is 1. The van der Waals surface area contributed by atoms with Crippen molar-refractivity contribution >= 4 is 50.9 Å². The highest BCUT2D eigenvalue weighted by Crippen LogP contribution is 2.40. The number of nitrogens with zero attached hydrogens (tertiary/aromatic N) is 2. The lowest BCUT2D eigenvalue weighted by atomic mass is 9.89. The number of hydrogen-bond acceptors (Lipinski definition) is 7. The Hall–Kier alpha value is -2.45. The molecular formula is C22H23N3O3S2. The molecule has 1 N–H and O–H groups in total. The standard InChI is InChI=1S/C22H23N3O3S2/c1-3-28-22(27)14-5-7-15(8-6-14)25-18(26)11-29-20-19-16-9-4-13(2)10-17(16)30-21(19)24-12-23-20/h5-8,12-13H,3-4,9-11H2,1-2H3,(H,25,26). The summed E-state index contributed by atoms with van der Waals surface area (Å²) in [5, 5.41) is 4.87. The Morgan fingerprint density at radius 2 is 2.07 bits per heavy atom. The van der Waals surface area contributed by atoms with Crippen LogP contribution in [0.25, 0.3) is 10.2 Å². The number of aryl methyl sites for hydroxylation is 1. The molecule has 0 spiro atoms. The molecule has 1 aliphatic rings. The summed E-state index contributed by atoms with van der Waals surface area (Å²) in [5.41, 5.74) is 2.47. The normalized spacial score (nSPS) is 15.6. The number of thioether (sulfide) groups is 1. The summed E-state index contributed by atoms with van der Waals surface area (Å²) in [6.07, 6.45) is 4.92. The highest BCUT2D eigenvalue weighted by molar-refractivity contribution is 8.00. The molecule has 0 saturated carbocycles. The molecule has 3 aromatic rings. The first-order valence-corrected chi connectivity index (χ1v) is 11.8. The largest absolute Gasteiger partial charge is 0.462 e. The minimum Gasteiger partial charge on any atom is -0.462 e. The Balaban J connectivity index is 1.42. The van der Waals surface area contributed by atoms with Gasteiger partial charge in [-0.3, -0.25) is 4.79 Å². The topological polar surface area (TPSA) is 81.2 Å². The van der Waals surface area contributed by atoms with Gasteiger partial charge in [-0.15, -0.1) is 11.3 Å². The van der Waals surface area contributed by atoms with Gasteiger partial charge >= 0.3 is 5.97 Å². The van der Waals surface area contributed by atoms with Crippen LogP contribution in [0.3, 0.4) is 0 Å². The van der Waals surface area contributed by atoms with Crippen LogP contribution >= 0.6 is 23.1 Å². The first-order chi connectivity index (χ1) is 14.5. The van der Waals surface area contributed by atoms with Gasteiger partial charge in [0, 0.05) is 16.0 Å². The SMILES string of the molecule is CCOC(=O)c1ccc(NC(=O)CSc2ncnc3sc4c(c23)CCC(C)C4)cc1. The first-order valence-electron chi connectivity index (χ1n) is 10.00. The summed E-state index contributed by atoms with van der Waals surface area (Å²) in [6.45, 7) is 4.39. The first kappa shape index (κ1) is 20.8. The molecule has 1 aliphatic carbocycles. The molecule has 8 heteroatoms. The van der Waals surface area contributed by atoms with E-state index >= 15 is 0 Å². The zero-order chi connectivity index (χ0) is 21.1. The van der Waals surface area contributed by atoms with Gasteiger partial charge in [0.2, 0.25) is 5.91 Å². The molecule has 0 bridgehead atoms. The molecular weight excluding hydrogens is 418 g/mol. The molecule has 2 aromatic heterocycles. The minimum atomic E-state index is -0.368. The van der Waals surface area contributed by atoms with Gasteiger partial charge < -0.3 is 10.1 Å². The van der Waals surface area contributed by atoms with Gasteiger partial charge in [0.25, 0.3) is 0 Å². The highest BCUT2D eigenvalue weighted by Gasteiger charge is 2.23. The highest BCUT2D eigenvalue weighted by atomic mass is 32.2. The summed E-state index contributed by atoms with van der Waals surface area (Å²) in [7, 11) is 0. The number of esters is 1. The number of benzene rings is 1. The van der Waals surface area contributed by atoms with Crippen molar-refractivity contribution in [2.24, 2.45) is 5.92 Å². The van der Waals surface area contributed by atoms with Gasteiger partial charge in [-0.2, -0.15) is 0 Å². The van der Waals surface area contributed by atoms with Crippen LogP contribution in [0.1, 0.15) is 41.1 Å². The van der Waals surface area contributed by atoms with Crippen molar-refractivity contribution in [3.8, 4) is 0 Å². The number of carbonyl (C=O) groups excluding carboxylic acids is 2. The van der Waals surface area contributed by atoms with Crippen molar-refractivity contribution in [3.63, 3.8) is 0 Å². The van der Waals surface area contributed by atoms with Gasteiger partial charge in [-0.25, -0.2) is 14.8 Å². The number of anilines is 1. The molecule has 1 atom stereocenters. The number of carbonyl (C=O) groups is 2. The van der Waals surface area contributed by atoms with Gasteiger partial charge in [0.1, 0.15) is 16.2 Å². The number of rotatable bonds is 6. The molecule has 0 fully saturated rings. The monoisotopic (exact) mass is 441 g/mol. The number of fused-ring (bicyclic) bond motifs is 3. The lowest BCUT2D eigenvalue weighted by molar-refractivity contribution is -0.113. The fourth-order valence-corrected chi connectivity index (χ4v) is 5.83. The van der Waals surface area contributed by atoms with Crippen molar-refractivity contribution in [1.29, 1.82) is 0 Å². The Morgan fingerprint density at radius 1 is 1.27 bits per heavy atom. The summed E-state index contributed by atoms with van der Waals surface area (Å²) in [5.74, 6) is 0.475. The molecule has 4 rings (SSSR count). The van der Waals surface area contributed by atoms with Crippen LogP contribution in [0.2, 0.25) is 0 Å². The summed E-state index contributed by atoms with van der Waals surface area (Å²) in [4.78, 5) is 35.5. The second-order valence-corrected chi connectivity index (χ2v) is 9.39. The van der Waals surface area contributed by atoms with Crippen LogP contribution in [-0.2, 0) is 22.4 Å². The lowest BCUT2D eigenvalue weighted by Gasteiger charge is -2.18. The summed E-state index contributed by atoms with van der Waals surface area (Å²) >= 11 is 3.20. The summed E-state index contributed by atoms with van der Waals surface area (Å²) < 4.78 is 4.97. The lowest BCUT2D eigenvalue weighted by Crippen LogP contribution is -2.14. The van der Waals surface area contributed by atoms with Crippen molar-refractivity contribution < 1.29 is 14.3 Å². The van der Waals surface area contributed by atoms with Crippen LogP contribution in [-0.4, -0.2) is 34.2 Å². The Bertz CT molecular complexity index is 1080. The third kappa shape index (κ3) is 4.49. The van der Waals surface area contributed by atoms with Crippen molar-refractivity contribution in [2.45, 2.75) is 38.1 Å². The smallest absolute Gasteiger partial charge is 0.338 e. The predicted molar refractivity (Wildman–Crippen MR) is 120 cm³/mol. The van der Waals surface area contributed by atoms with Crippen LogP contribution < -0.4 is 5.32 Å². The molecule has 1 aromatic carbocycles. The third-order valence-electron chi connectivity index (χ3n) is 5.08. The second kappa shape index (κ2) is 9.14. The van der Waals surface area contributed by atoms with Crippen LogP contribution in [0.5, 0.6) is 0 Å². The maximum absolute atomic E-state index is 12.4. The number of amides is 1. The molecule has 2 heterocycles. The minimum absolute atomic E-state index is 0.117. The molecule has 156 valence electrons. The van der Waals surface area contributed by atoms with Crippen LogP contribution in [0, 0.1) is 5.92 Å². The molecule has 6 nitrogen and oxygen atoms in total. The molecule has 0 radical (unpaired) electrons. The van der Waals surface area contributed by atoms with Crippen LogP contribution in [0.4, 0.5) is 5.69 Å². The molecule has 0 saturated heterocycles. The van der Waals surface area contributed by atoms with Crippen molar-refractivity contribution in [2.75, 3.05) is 17.7 Å². The fraction of sp³-hybridized carbons (Fsp3) is 0.364. The quantitative estimate of drug-likeness (QED) is 0.339. The van der Waals surface area contributed by atoms with E-state index in [1.165, 1.54) is 28.6 Å². The molecule has 1 amide bonds.